The summed E-state index contributed by atoms with van der Waals surface area (Å²) in [6.07, 6.45) is 1.92. The van der Waals surface area contributed by atoms with Gasteiger partial charge in [0.1, 0.15) is 0 Å². The van der Waals surface area contributed by atoms with Crippen LogP contribution in [-0.4, -0.2) is 31.7 Å². The van der Waals surface area contributed by atoms with Crippen LogP contribution in [0.2, 0.25) is 0 Å². The van der Waals surface area contributed by atoms with Crippen molar-refractivity contribution in [2.24, 2.45) is 5.92 Å². The van der Waals surface area contributed by atoms with Crippen LogP contribution in [0.15, 0.2) is 42.5 Å². The van der Waals surface area contributed by atoms with Gasteiger partial charge in [0.15, 0.2) is 11.5 Å². The van der Waals surface area contributed by atoms with E-state index >= 15 is 0 Å². The molecule has 2 aromatic rings. The molecular formula is C22H24N2O4. The number of carbonyl (C=O) groups excluding carboxylic acids is 2. The number of amides is 2. The summed E-state index contributed by atoms with van der Waals surface area (Å²) < 4.78 is 10.7. The van der Waals surface area contributed by atoms with Crippen molar-refractivity contribution in [2.45, 2.75) is 26.2 Å². The summed E-state index contributed by atoms with van der Waals surface area (Å²) in [5.41, 5.74) is 3.16. The van der Waals surface area contributed by atoms with Gasteiger partial charge in [0.2, 0.25) is 18.6 Å². The smallest absolute Gasteiger partial charge is 0.231 e. The Balaban J connectivity index is 1.29. The van der Waals surface area contributed by atoms with Gasteiger partial charge in [-0.15, -0.1) is 0 Å². The molecule has 2 aliphatic heterocycles. The molecule has 6 nitrogen and oxygen atoms in total. The monoisotopic (exact) mass is 380 g/mol. The molecule has 2 aromatic carbocycles. The summed E-state index contributed by atoms with van der Waals surface area (Å²) in [4.78, 5) is 26.6. The third-order valence-corrected chi connectivity index (χ3v) is 5.30. The van der Waals surface area contributed by atoms with Crippen molar-refractivity contribution in [3.05, 3.63) is 53.6 Å². The number of ether oxygens (including phenoxy) is 2. The Kier molecular flexibility index (Phi) is 5.19. The topological polar surface area (TPSA) is 67.9 Å². The van der Waals surface area contributed by atoms with Gasteiger partial charge in [-0.2, -0.15) is 0 Å². The van der Waals surface area contributed by atoms with Crippen molar-refractivity contribution in [2.75, 3.05) is 24.8 Å². The average Bonchev–Trinajstić information content (AvgIpc) is 3.34. The maximum Gasteiger partial charge on any atom is 0.231 e. The number of nitrogens with one attached hydrogen (secondary N) is 1. The Morgan fingerprint density at radius 3 is 2.64 bits per heavy atom. The standard InChI is InChI=1S/C22H24N2O4/c1-2-15-3-6-18(7-4-15)24-13-17(12-21(24)25)22(26)23-10-9-16-5-8-19-20(11-16)28-14-27-19/h3-8,11,17H,2,9-10,12-14H2,1H3,(H,23,26). The number of anilines is 1. The molecule has 0 aromatic heterocycles. The van der Waals surface area contributed by atoms with E-state index in [2.05, 4.69) is 12.2 Å². The molecule has 2 heterocycles. The average molecular weight is 380 g/mol. The zero-order valence-electron chi connectivity index (χ0n) is 15.9. The second-order valence-electron chi connectivity index (χ2n) is 7.15. The lowest BCUT2D eigenvalue weighted by atomic mass is 10.1. The van der Waals surface area contributed by atoms with E-state index in [4.69, 9.17) is 9.47 Å². The van der Waals surface area contributed by atoms with Gasteiger partial charge in [-0.3, -0.25) is 9.59 Å². The first kappa shape index (κ1) is 18.3. The summed E-state index contributed by atoms with van der Waals surface area (Å²) in [6.45, 7) is 3.30. The van der Waals surface area contributed by atoms with E-state index in [1.165, 1.54) is 5.56 Å². The maximum atomic E-state index is 12.5. The molecule has 1 N–H and O–H groups in total. The summed E-state index contributed by atoms with van der Waals surface area (Å²) in [5.74, 6) is 1.12. The maximum absolute atomic E-state index is 12.5. The molecule has 1 saturated heterocycles. The highest BCUT2D eigenvalue weighted by atomic mass is 16.7. The minimum atomic E-state index is -0.310. The normalized spacial score (nSPS) is 17.8. The van der Waals surface area contributed by atoms with E-state index in [-0.39, 0.29) is 30.9 Å². The molecule has 0 bridgehead atoms. The number of aryl methyl sites for hydroxylation is 1. The third-order valence-electron chi connectivity index (χ3n) is 5.30. The largest absolute Gasteiger partial charge is 0.454 e. The number of fused-ring (bicyclic) bond motifs is 1. The fraction of sp³-hybridized carbons (Fsp3) is 0.364. The van der Waals surface area contributed by atoms with Crippen molar-refractivity contribution in [3.63, 3.8) is 0 Å². The van der Waals surface area contributed by atoms with Gasteiger partial charge in [-0.05, 0) is 48.2 Å². The van der Waals surface area contributed by atoms with E-state index in [0.717, 1.165) is 29.2 Å². The quantitative estimate of drug-likeness (QED) is 0.837. The summed E-state index contributed by atoms with van der Waals surface area (Å²) in [6, 6.07) is 13.8. The number of rotatable bonds is 6. The van der Waals surface area contributed by atoms with Gasteiger partial charge in [0.25, 0.3) is 0 Å². The minimum Gasteiger partial charge on any atom is -0.454 e. The molecule has 1 unspecified atom stereocenters. The van der Waals surface area contributed by atoms with Gasteiger partial charge in [-0.1, -0.05) is 25.1 Å². The third kappa shape index (κ3) is 3.81. The van der Waals surface area contributed by atoms with Crippen LogP contribution in [0.25, 0.3) is 0 Å². The lowest BCUT2D eigenvalue weighted by Crippen LogP contribution is -2.34. The molecule has 146 valence electrons. The van der Waals surface area contributed by atoms with Crippen molar-refractivity contribution < 1.29 is 19.1 Å². The minimum absolute atomic E-state index is 0.000157. The fourth-order valence-corrected chi connectivity index (χ4v) is 3.62. The Morgan fingerprint density at radius 1 is 1.11 bits per heavy atom. The predicted octanol–water partition coefficient (Wildman–Crippen LogP) is 2.69. The highest BCUT2D eigenvalue weighted by Crippen LogP contribution is 2.32. The van der Waals surface area contributed by atoms with Crippen LogP contribution in [-0.2, 0) is 22.4 Å². The molecule has 4 rings (SSSR count). The lowest BCUT2D eigenvalue weighted by molar-refractivity contribution is -0.126. The first-order valence-electron chi connectivity index (χ1n) is 9.69. The van der Waals surface area contributed by atoms with Crippen LogP contribution in [0.3, 0.4) is 0 Å². The van der Waals surface area contributed by atoms with Crippen molar-refractivity contribution in [1.29, 1.82) is 0 Å². The molecule has 0 saturated carbocycles. The zero-order chi connectivity index (χ0) is 19.5. The molecule has 1 fully saturated rings. The molecule has 0 radical (unpaired) electrons. The highest BCUT2D eigenvalue weighted by Gasteiger charge is 2.34. The summed E-state index contributed by atoms with van der Waals surface area (Å²) in [5, 5.41) is 2.96. The molecule has 28 heavy (non-hydrogen) atoms. The Labute approximate surface area is 164 Å². The van der Waals surface area contributed by atoms with Crippen molar-refractivity contribution >= 4 is 17.5 Å². The SMILES string of the molecule is CCc1ccc(N2CC(C(=O)NCCc3ccc4c(c3)OCO4)CC2=O)cc1. The number of benzene rings is 2. The highest BCUT2D eigenvalue weighted by molar-refractivity contribution is 6.00. The van der Waals surface area contributed by atoms with E-state index in [0.29, 0.717) is 19.5 Å². The van der Waals surface area contributed by atoms with Crippen LogP contribution >= 0.6 is 0 Å². The second-order valence-corrected chi connectivity index (χ2v) is 7.15. The Hall–Kier alpha value is -3.02. The van der Waals surface area contributed by atoms with Crippen molar-refractivity contribution in [1.82, 2.24) is 5.32 Å². The summed E-state index contributed by atoms with van der Waals surface area (Å²) in [7, 11) is 0. The first-order chi connectivity index (χ1) is 13.6. The Bertz CT molecular complexity index is 879. The molecule has 6 heteroatoms. The first-order valence-corrected chi connectivity index (χ1v) is 9.69. The molecule has 2 amide bonds. The molecule has 0 aliphatic carbocycles. The van der Waals surface area contributed by atoms with Gasteiger partial charge < -0.3 is 19.7 Å². The van der Waals surface area contributed by atoms with Crippen LogP contribution < -0.4 is 19.7 Å². The van der Waals surface area contributed by atoms with E-state index < -0.39 is 0 Å². The molecule has 2 aliphatic rings. The summed E-state index contributed by atoms with van der Waals surface area (Å²) >= 11 is 0. The van der Waals surface area contributed by atoms with Crippen LogP contribution in [0, 0.1) is 5.92 Å². The molecule has 0 spiro atoms. The van der Waals surface area contributed by atoms with Gasteiger partial charge in [0.05, 0.1) is 5.92 Å². The number of hydrogen-bond acceptors (Lipinski definition) is 4. The number of nitrogens with zero attached hydrogens (tertiary/aromatic N) is 1. The van der Waals surface area contributed by atoms with Gasteiger partial charge >= 0.3 is 0 Å². The number of carbonyl (C=O) groups is 2. The molecule has 1 atom stereocenters. The van der Waals surface area contributed by atoms with E-state index in [1.54, 1.807) is 4.90 Å². The van der Waals surface area contributed by atoms with E-state index in [9.17, 15) is 9.59 Å². The Morgan fingerprint density at radius 2 is 1.86 bits per heavy atom. The van der Waals surface area contributed by atoms with Crippen molar-refractivity contribution in [3.8, 4) is 11.5 Å². The van der Waals surface area contributed by atoms with Crippen LogP contribution in [0.5, 0.6) is 11.5 Å². The van der Waals surface area contributed by atoms with E-state index in [1.807, 2.05) is 42.5 Å². The fourth-order valence-electron chi connectivity index (χ4n) is 3.62. The van der Waals surface area contributed by atoms with Crippen LogP contribution in [0.1, 0.15) is 24.5 Å². The number of hydrogen-bond donors (Lipinski definition) is 1. The zero-order valence-corrected chi connectivity index (χ0v) is 15.9. The van der Waals surface area contributed by atoms with Gasteiger partial charge in [-0.25, -0.2) is 0 Å². The van der Waals surface area contributed by atoms with Crippen LogP contribution in [0.4, 0.5) is 5.69 Å². The van der Waals surface area contributed by atoms with Gasteiger partial charge in [0, 0.05) is 25.2 Å². The second kappa shape index (κ2) is 7.92. The lowest BCUT2D eigenvalue weighted by Gasteiger charge is -2.17. The predicted molar refractivity (Wildman–Crippen MR) is 106 cm³/mol. The molecular weight excluding hydrogens is 356 g/mol.